The molecule has 150 valence electrons. The van der Waals surface area contributed by atoms with Crippen molar-refractivity contribution in [1.82, 2.24) is 14.8 Å². The number of nitrogens with zero attached hydrogens (tertiary/aromatic N) is 3. The Morgan fingerprint density at radius 3 is 2.67 bits per heavy atom. The smallest absolute Gasteiger partial charge is 0.271 e. The largest absolute Gasteiger partial charge is 0.285 e. The zero-order valence-corrected chi connectivity index (χ0v) is 18.5. The molecule has 1 aliphatic rings. The standard InChI is InChI=1S/C23H19BrN4OS/c24-17-12-10-16(11-13-17)22(29)27-25-14-19-21(15-6-2-1-3-7-15)26-23-28(19)18-8-4-5-9-20(18)30-23/h1-3,6-7,10-14H,4-5,8-9H2,(H,27,29)/b25-14-. The van der Waals surface area contributed by atoms with Crippen LogP contribution in [0.1, 0.15) is 39.5 Å². The van der Waals surface area contributed by atoms with Gasteiger partial charge in [-0.05, 0) is 49.9 Å². The lowest BCUT2D eigenvalue weighted by Crippen LogP contribution is -2.17. The summed E-state index contributed by atoms with van der Waals surface area (Å²) in [7, 11) is 0. The molecule has 1 N–H and O–H groups in total. The number of imidazole rings is 1. The number of carbonyl (C=O) groups excluding carboxylic acids is 1. The van der Waals surface area contributed by atoms with Crippen molar-refractivity contribution in [3.63, 3.8) is 0 Å². The third-order valence-corrected chi connectivity index (χ3v) is 6.93. The molecule has 0 atom stereocenters. The van der Waals surface area contributed by atoms with Gasteiger partial charge in [0.05, 0.1) is 17.6 Å². The predicted octanol–water partition coefficient (Wildman–Crippen LogP) is 5.47. The Kier molecular flexibility index (Phi) is 5.23. The lowest BCUT2D eigenvalue weighted by Gasteiger charge is -2.11. The second-order valence-corrected chi connectivity index (χ2v) is 9.19. The fraction of sp³-hybridized carbons (Fsp3) is 0.174. The molecule has 1 aliphatic carbocycles. The van der Waals surface area contributed by atoms with Gasteiger partial charge in [-0.25, -0.2) is 10.4 Å². The molecule has 5 rings (SSSR count). The normalized spacial score (nSPS) is 13.6. The predicted molar refractivity (Wildman–Crippen MR) is 124 cm³/mol. The van der Waals surface area contributed by atoms with Gasteiger partial charge in [0.1, 0.15) is 0 Å². The van der Waals surface area contributed by atoms with Crippen LogP contribution in [0.15, 0.2) is 64.2 Å². The quantitative estimate of drug-likeness (QED) is 0.312. The van der Waals surface area contributed by atoms with E-state index in [-0.39, 0.29) is 5.91 Å². The highest BCUT2D eigenvalue weighted by Crippen LogP contribution is 2.34. The SMILES string of the molecule is O=C(N/N=C\c1c(-c2ccccc2)nc2sc3c(n12)CCCC3)c1ccc(Br)cc1. The van der Waals surface area contributed by atoms with Crippen molar-refractivity contribution in [3.8, 4) is 11.3 Å². The summed E-state index contributed by atoms with van der Waals surface area (Å²) in [6.45, 7) is 0. The summed E-state index contributed by atoms with van der Waals surface area (Å²) in [5.41, 5.74) is 7.38. The van der Waals surface area contributed by atoms with E-state index in [0.717, 1.165) is 39.2 Å². The van der Waals surface area contributed by atoms with Crippen LogP contribution in [0, 0.1) is 0 Å². The molecule has 0 bridgehead atoms. The third-order valence-electron chi connectivity index (χ3n) is 5.26. The van der Waals surface area contributed by atoms with E-state index >= 15 is 0 Å². The van der Waals surface area contributed by atoms with Crippen LogP contribution in [-0.2, 0) is 12.8 Å². The number of benzene rings is 2. The number of rotatable bonds is 4. The van der Waals surface area contributed by atoms with Crippen LogP contribution in [-0.4, -0.2) is 21.5 Å². The zero-order chi connectivity index (χ0) is 20.5. The van der Waals surface area contributed by atoms with Crippen LogP contribution >= 0.6 is 27.3 Å². The molecule has 0 fully saturated rings. The van der Waals surface area contributed by atoms with Gasteiger partial charge in [-0.2, -0.15) is 5.10 Å². The molecular weight excluding hydrogens is 460 g/mol. The number of amides is 1. The van der Waals surface area contributed by atoms with E-state index in [9.17, 15) is 4.79 Å². The number of halogens is 1. The zero-order valence-electron chi connectivity index (χ0n) is 16.1. The number of hydrazone groups is 1. The minimum Gasteiger partial charge on any atom is -0.285 e. The highest BCUT2D eigenvalue weighted by atomic mass is 79.9. The summed E-state index contributed by atoms with van der Waals surface area (Å²) in [4.78, 5) is 19.8. The molecule has 0 aliphatic heterocycles. The molecule has 30 heavy (non-hydrogen) atoms. The number of aromatic nitrogens is 2. The summed E-state index contributed by atoms with van der Waals surface area (Å²) < 4.78 is 3.15. The summed E-state index contributed by atoms with van der Waals surface area (Å²) >= 11 is 5.15. The first-order chi connectivity index (χ1) is 14.7. The van der Waals surface area contributed by atoms with E-state index in [4.69, 9.17) is 4.98 Å². The van der Waals surface area contributed by atoms with Crippen LogP contribution in [0.3, 0.4) is 0 Å². The van der Waals surface area contributed by atoms with E-state index in [1.54, 1.807) is 29.7 Å². The molecule has 2 aromatic carbocycles. The number of hydrogen-bond acceptors (Lipinski definition) is 4. The number of aryl methyl sites for hydroxylation is 2. The monoisotopic (exact) mass is 478 g/mol. The van der Waals surface area contributed by atoms with Crippen molar-refractivity contribution in [2.24, 2.45) is 5.10 Å². The number of carbonyl (C=O) groups is 1. The number of nitrogens with one attached hydrogen (secondary N) is 1. The molecular formula is C23H19BrN4OS. The van der Waals surface area contributed by atoms with Crippen molar-refractivity contribution in [1.29, 1.82) is 0 Å². The van der Waals surface area contributed by atoms with Crippen LogP contribution in [0.2, 0.25) is 0 Å². The summed E-state index contributed by atoms with van der Waals surface area (Å²) in [5, 5.41) is 4.28. The average Bonchev–Trinajstić information content (AvgIpc) is 3.31. The minimum atomic E-state index is -0.242. The number of fused-ring (bicyclic) bond motifs is 3. The van der Waals surface area contributed by atoms with E-state index in [2.05, 4.69) is 43.0 Å². The molecule has 2 aromatic heterocycles. The van der Waals surface area contributed by atoms with E-state index < -0.39 is 0 Å². The first kappa shape index (κ1) is 19.2. The Labute approximate surface area is 186 Å². The van der Waals surface area contributed by atoms with Gasteiger partial charge in [0.25, 0.3) is 5.91 Å². The second kappa shape index (κ2) is 8.16. The maximum atomic E-state index is 12.4. The van der Waals surface area contributed by atoms with Gasteiger partial charge in [0, 0.05) is 26.2 Å². The molecule has 2 heterocycles. The van der Waals surface area contributed by atoms with Crippen molar-refractivity contribution in [3.05, 3.63) is 80.9 Å². The highest BCUT2D eigenvalue weighted by Gasteiger charge is 2.22. The molecule has 0 radical (unpaired) electrons. The minimum absolute atomic E-state index is 0.242. The highest BCUT2D eigenvalue weighted by molar-refractivity contribution is 9.10. The Balaban J connectivity index is 1.52. The summed E-state index contributed by atoms with van der Waals surface area (Å²) in [6.07, 6.45) is 6.30. The van der Waals surface area contributed by atoms with Crippen LogP contribution in [0.4, 0.5) is 0 Å². The maximum absolute atomic E-state index is 12.4. The van der Waals surface area contributed by atoms with Crippen molar-refractivity contribution < 1.29 is 4.79 Å². The molecule has 1 amide bonds. The van der Waals surface area contributed by atoms with Gasteiger partial charge in [-0.3, -0.25) is 9.20 Å². The lowest BCUT2D eigenvalue weighted by atomic mass is 10.0. The van der Waals surface area contributed by atoms with Crippen LogP contribution in [0.25, 0.3) is 16.2 Å². The summed E-state index contributed by atoms with van der Waals surface area (Å²) in [6, 6.07) is 17.3. The molecule has 0 unspecified atom stereocenters. The molecule has 0 spiro atoms. The molecule has 0 saturated carbocycles. The fourth-order valence-corrected chi connectivity index (χ4v) is 5.28. The number of hydrogen-bond donors (Lipinski definition) is 1. The van der Waals surface area contributed by atoms with Crippen LogP contribution in [0.5, 0.6) is 0 Å². The first-order valence-corrected chi connectivity index (χ1v) is 11.5. The Hall–Kier alpha value is -2.77. The van der Waals surface area contributed by atoms with E-state index in [1.165, 1.54) is 23.4 Å². The van der Waals surface area contributed by atoms with E-state index in [0.29, 0.717) is 5.56 Å². The fourth-order valence-electron chi connectivity index (χ4n) is 3.80. The van der Waals surface area contributed by atoms with Gasteiger partial charge in [0.15, 0.2) is 4.96 Å². The van der Waals surface area contributed by atoms with Gasteiger partial charge >= 0.3 is 0 Å². The summed E-state index contributed by atoms with van der Waals surface area (Å²) in [5.74, 6) is -0.242. The van der Waals surface area contributed by atoms with Gasteiger partial charge < -0.3 is 0 Å². The van der Waals surface area contributed by atoms with Crippen molar-refractivity contribution >= 4 is 44.3 Å². The van der Waals surface area contributed by atoms with Gasteiger partial charge in [-0.1, -0.05) is 46.3 Å². The van der Waals surface area contributed by atoms with Gasteiger partial charge in [-0.15, -0.1) is 11.3 Å². The Bertz CT molecular complexity index is 1240. The van der Waals surface area contributed by atoms with E-state index in [1.807, 2.05) is 30.3 Å². The lowest BCUT2D eigenvalue weighted by molar-refractivity contribution is 0.0955. The topological polar surface area (TPSA) is 58.8 Å². The van der Waals surface area contributed by atoms with Gasteiger partial charge in [0.2, 0.25) is 0 Å². The molecule has 7 heteroatoms. The van der Waals surface area contributed by atoms with Crippen molar-refractivity contribution in [2.45, 2.75) is 25.7 Å². The first-order valence-electron chi connectivity index (χ1n) is 9.88. The van der Waals surface area contributed by atoms with Crippen molar-refractivity contribution in [2.75, 3.05) is 0 Å². The second-order valence-electron chi connectivity index (χ2n) is 7.21. The Morgan fingerprint density at radius 1 is 1.10 bits per heavy atom. The van der Waals surface area contributed by atoms with Crippen LogP contribution < -0.4 is 5.43 Å². The molecule has 0 saturated heterocycles. The Morgan fingerprint density at radius 2 is 1.87 bits per heavy atom. The molecule has 4 aromatic rings. The molecule has 5 nitrogen and oxygen atoms in total. The maximum Gasteiger partial charge on any atom is 0.271 e. The average molecular weight is 479 g/mol. The third kappa shape index (κ3) is 3.59. The number of thiazole rings is 1.